The number of H-pyrrole nitrogens is 1. The van der Waals surface area contributed by atoms with Crippen LogP contribution < -0.4 is 15.8 Å². The van der Waals surface area contributed by atoms with E-state index in [1.807, 2.05) is 12.1 Å². The quantitative estimate of drug-likeness (QED) is 0.726. The van der Waals surface area contributed by atoms with E-state index >= 15 is 0 Å². The molecule has 3 aromatic rings. The average molecular weight is 326 g/mol. The van der Waals surface area contributed by atoms with E-state index in [1.165, 1.54) is 12.5 Å². The monoisotopic (exact) mass is 326 g/mol. The van der Waals surface area contributed by atoms with Crippen LogP contribution in [0.25, 0.3) is 5.65 Å². The second-order valence-corrected chi connectivity index (χ2v) is 5.86. The van der Waals surface area contributed by atoms with Crippen molar-refractivity contribution in [1.29, 1.82) is 0 Å². The number of hydrogen-bond donors (Lipinski definition) is 2. The molecule has 1 fully saturated rings. The molecule has 0 aromatic carbocycles. The summed E-state index contributed by atoms with van der Waals surface area (Å²) in [5.74, 6) is 1.59. The highest BCUT2D eigenvalue weighted by molar-refractivity contribution is 5.44. The smallest absolute Gasteiger partial charge is 0.264 e. The Morgan fingerprint density at radius 3 is 3.08 bits per heavy atom. The average Bonchev–Trinajstić information content (AvgIpc) is 3.09. The van der Waals surface area contributed by atoms with Crippen molar-refractivity contribution < 1.29 is 0 Å². The minimum absolute atomic E-state index is 0.183. The lowest BCUT2D eigenvalue weighted by molar-refractivity contribution is 0.467. The van der Waals surface area contributed by atoms with Crippen LogP contribution in [-0.2, 0) is 0 Å². The molecule has 24 heavy (non-hydrogen) atoms. The van der Waals surface area contributed by atoms with Crippen molar-refractivity contribution in [2.24, 2.45) is 0 Å². The first kappa shape index (κ1) is 14.6. The Labute approximate surface area is 137 Å². The molecule has 1 aliphatic heterocycles. The number of hydrogen-bond acceptors (Lipinski definition) is 7. The van der Waals surface area contributed by atoms with E-state index in [0.717, 1.165) is 43.2 Å². The molecule has 9 nitrogen and oxygen atoms in total. The molecule has 1 atom stereocenters. The minimum Gasteiger partial charge on any atom is -0.367 e. The van der Waals surface area contributed by atoms with Crippen LogP contribution in [0.4, 0.5) is 11.6 Å². The van der Waals surface area contributed by atoms with Crippen molar-refractivity contribution in [2.75, 3.05) is 23.3 Å². The van der Waals surface area contributed by atoms with Gasteiger partial charge in [0.1, 0.15) is 18.0 Å². The maximum atomic E-state index is 11.2. The summed E-state index contributed by atoms with van der Waals surface area (Å²) in [4.78, 5) is 13.5. The fraction of sp³-hybridized carbons (Fsp3) is 0.400. The number of nitrogens with zero attached hydrogens (tertiary/aromatic N) is 6. The van der Waals surface area contributed by atoms with E-state index < -0.39 is 0 Å². The van der Waals surface area contributed by atoms with E-state index in [1.54, 1.807) is 16.9 Å². The zero-order valence-corrected chi connectivity index (χ0v) is 13.1. The summed E-state index contributed by atoms with van der Waals surface area (Å²) in [5, 5.41) is 22.3. The summed E-state index contributed by atoms with van der Waals surface area (Å²) >= 11 is 0. The van der Waals surface area contributed by atoms with Gasteiger partial charge < -0.3 is 10.2 Å². The van der Waals surface area contributed by atoms with Gasteiger partial charge in [0.2, 0.25) is 0 Å². The van der Waals surface area contributed by atoms with Crippen molar-refractivity contribution in [3.8, 4) is 0 Å². The number of anilines is 2. The molecule has 4 rings (SSSR count). The molecular formula is C15H18N8O. The van der Waals surface area contributed by atoms with Crippen molar-refractivity contribution in [2.45, 2.75) is 25.3 Å². The van der Waals surface area contributed by atoms with Crippen molar-refractivity contribution in [3.05, 3.63) is 40.9 Å². The van der Waals surface area contributed by atoms with Crippen molar-refractivity contribution >= 4 is 17.3 Å². The molecule has 0 amide bonds. The summed E-state index contributed by atoms with van der Waals surface area (Å²) < 4.78 is 1.64. The summed E-state index contributed by atoms with van der Waals surface area (Å²) in [5.41, 5.74) is 0.536. The minimum atomic E-state index is -0.183. The van der Waals surface area contributed by atoms with Gasteiger partial charge in [0.15, 0.2) is 5.65 Å². The van der Waals surface area contributed by atoms with Gasteiger partial charge in [-0.2, -0.15) is 9.61 Å². The number of fused-ring (bicyclic) bond motifs is 1. The molecule has 0 radical (unpaired) electrons. The van der Waals surface area contributed by atoms with E-state index in [0.29, 0.717) is 6.04 Å². The van der Waals surface area contributed by atoms with Gasteiger partial charge in [-0.05, 0) is 37.5 Å². The number of aromatic amines is 1. The van der Waals surface area contributed by atoms with E-state index in [4.69, 9.17) is 0 Å². The number of piperidine rings is 1. The Balaban J connectivity index is 1.48. The van der Waals surface area contributed by atoms with E-state index in [-0.39, 0.29) is 5.56 Å². The Hall–Kier alpha value is -2.97. The molecule has 1 aliphatic rings. The highest BCUT2D eigenvalue weighted by atomic mass is 16.1. The maximum absolute atomic E-state index is 11.2. The second kappa shape index (κ2) is 6.26. The normalized spacial score (nSPS) is 18.0. The van der Waals surface area contributed by atoms with Gasteiger partial charge in [0, 0.05) is 25.2 Å². The molecular weight excluding hydrogens is 308 g/mol. The molecule has 1 saturated heterocycles. The van der Waals surface area contributed by atoms with Crippen LogP contribution in [0.2, 0.25) is 0 Å². The van der Waals surface area contributed by atoms with Gasteiger partial charge in [-0.15, -0.1) is 15.3 Å². The topological polar surface area (TPSA) is 104 Å². The zero-order valence-electron chi connectivity index (χ0n) is 13.1. The highest BCUT2D eigenvalue weighted by Gasteiger charge is 2.23. The second-order valence-electron chi connectivity index (χ2n) is 5.86. The van der Waals surface area contributed by atoms with Crippen LogP contribution >= 0.6 is 0 Å². The van der Waals surface area contributed by atoms with Crippen LogP contribution in [-0.4, -0.2) is 49.1 Å². The Morgan fingerprint density at radius 1 is 1.25 bits per heavy atom. The maximum Gasteiger partial charge on any atom is 0.264 e. The molecule has 9 heteroatoms. The highest BCUT2D eigenvalue weighted by Crippen LogP contribution is 2.22. The van der Waals surface area contributed by atoms with Crippen LogP contribution in [0, 0.1) is 0 Å². The van der Waals surface area contributed by atoms with Gasteiger partial charge in [0.25, 0.3) is 5.56 Å². The number of rotatable bonds is 4. The SMILES string of the molecule is O=c1ccc(N2CCCCC2CNc2ccc3nncn3n2)n[nH]1. The predicted molar refractivity (Wildman–Crippen MR) is 89.1 cm³/mol. The molecule has 0 spiro atoms. The van der Waals surface area contributed by atoms with Crippen LogP contribution in [0.15, 0.2) is 35.4 Å². The molecule has 2 N–H and O–H groups in total. The fourth-order valence-corrected chi connectivity index (χ4v) is 3.06. The number of nitrogens with one attached hydrogen (secondary N) is 2. The Morgan fingerprint density at radius 2 is 2.21 bits per heavy atom. The molecule has 124 valence electrons. The molecule has 3 aromatic heterocycles. The largest absolute Gasteiger partial charge is 0.367 e. The van der Waals surface area contributed by atoms with Crippen molar-refractivity contribution in [3.63, 3.8) is 0 Å². The lowest BCUT2D eigenvalue weighted by atomic mass is 10.0. The van der Waals surface area contributed by atoms with Gasteiger partial charge in [-0.1, -0.05) is 0 Å². The lowest BCUT2D eigenvalue weighted by Gasteiger charge is -2.36. The molecule has 4 heterocycles. The molecule has 0 saturated carbocycles. The van der Waals surface area contributed by atoms with Gasteiger partial charge >= 0.3 is 0 Å². The first-order chi connectivity index (χ1) is 11.8. The molecule has 0 bridgehead atoms. The van der Waals surface area contributed by atoms with Crippen LogP contribution in [0.1, 0.15) is 19.3 Å². The van der Waals surface area contributed by atoms with Gasteiger partial charge in [-0.25, -0.2) is 5.10 Å². The summed E-state index contributed by atoms with van der Waals surface area (Å²) in [6.45, 7) is 1.69. The number of aromatic nitrogens is 6. The summed E-state index contributed by atoms with van der Waals surface area (Å²) in [7, 11) is 0. The third kappa shape index (κ3) is 2.92. The van der Waals surface area contributed by atoms with Gasteiger partial charge in [-0.3, -0.25) is 4.79 Å². The Bertz CT molecular complexity index is 868. The Kier molecular flexibility index (Phi) is 3.81. The van der Waals surface area contributed by atoms with E-state index in [2.05, 4.69) is 35.7 Å². The van der Waals surface area contributed by atoms with Crippen LogP contribution in [0.5, 0.6) is 0 Å². The summed E-state index contributed by atoms with van der Waals surface area (Å²) in [6, 6.07) is 7.37. The third-order valence-corrected chi connectivity index (χ3v) is 4.27. The van der Waals surface area contributed by atoms with Gasteiger partial charge in [0.05, 0.1) is 0 Å². The standard InChI is InChI=1S/C15H18N8O/c24-15-7-6-13(19-20-15)22-8-2-1-3-11(22)9-16-12-4-5-14-18-17-10-23(14)21-12/h4-7,10-11H,1-3,8-9H2,(H,16,21)(H,20,24). The third-order valence-electron chi connectivity index (χ3n) is 4.27. The fourth-order valence-electron chi connectivity index (χ4n) is 3.06. The summed E-state index contributed by atoms with van der Waals surface area (Å²) in [6.07, 6.45) is 4.96. The molecule has 0 aliphatic carbocycles. The zero-order chi connectivity index (χ0) is 16.4. The lowest BCUT2D eigenvalue weighted by Crippen LogP contribution is -2.44. The first-order valence-electron chi connectivity index (χ1n) is 8.03. The van der Waals surface area contributed by atoms with Crippen molar-refractivity contribution in [1.82, 2.24) is 30.0 Å². The van der Waals surface area contributed by atoms with Crippen LogP contribution in [0.3, 0.4) is 0 Å². The first-order valence-corrected chi connectivity index (χ1v) is 8.03. The molecule has 1 unspecified atom stereocenters. The van der Waals surface area contributed by atoms with E-state index in [9.17, 15) is 4.79 Å². The predicted octanol–water partition coefficient (Wildman–Crippen LogP) is 0.679.